The Hall–Kier alpha value is -4.48. The van der Waals surface area contributed by atoms with Gasteiger partial charge in [-0.15, -0.1) is 13.2 Å². The molecular weight excluding hydrogens is 648 g/mol. The fraction of sp³-hybridized carbons (Fsp3) is 0.500. The van der Waals surface area contributed by atoms with E-state index >= 15 is 0 Å². The van der Waals surface area contributed by atoms with Gasteiger partial charge in [-0.2, -0.15) is 0 Å². The molecule has 11 nitrogen and oxygen atoms in total. The first-order chi connectivity index (χ1) is 24.6. The van der Waals surface area contributed by atoms with E-state index in [9.17, 15) is 24.3 Å². The number of likely N-dealkylation sites (tertiary alicyclic amines) is 1. The second-order valence-electron chi connectivity index (χ2n) is 13.5. The highest BCUT2D eigenvalue weighted by Crippen LogP contribution is 2.59. The molecule has 7 atom stereocenters. The van der Waals surface area contributed by atoms with Gasteiger partial charge in [-0.1, -0.05) is 42.5 Å². The average Bonchev–Trinajstić information content (AvgIpc) is 3.79. The molecule has 3 amide bonds. The number of hydrogen-bond acceptors (Lipinski definition) is 8. The summed E-state index contributed by atoms with van der Waals surface area (Å²) in [6.07, 6.45) is 3.80. The van der Waals surface area contributed by atoms with E-state index in [-0.39, 0.29) is 50.3 Å². The molecule has 0 saturated carbocycles. The smallest absolute Gasteiger partial charge is 0.313 e. The number of hydrogen-bond donors (Lipinski definition) is 2. The number of allylic oxidation sites excluding steroid dienone is 1. The molecule has 2 N–H and O–H groups in total. The topological polar surface area (TPSA) is 129 Å². The molecule has 0 unspecified atom stereocenters. The van der Waals surface area contributed by atoms with E-state index in [0.717, 1.165) is 18.8 Å². The van der Waals surface area contributed by atoms with Gasteiger partial charge >= 0.3 is 5.97 Å². The van der Waals surface area contributed by atoms with E-state index in [1.165, 1.54) is 4.90 Å². The van der Waals surface area contributed by atoms with Crippen molar-refractivity contribution in [1.29, 1.82) is 0 Å². The molecule has 2 aromatic rings. The number of carbonyl (C=O) groups excluding carboxylic acids is 4. The minimum absolute atomic E-state index is 0.128. The Kier molecular flexibility index (Phi) is 12.4. The zero-order valence-corrected chi connectivity index (χ0v) is 30.0. The number of amides is 3. The van der Waals surface area contributed by atoms with Crippen molar-refractivity contribution in [3.63, 3.8) is 0 Å². The number of benzene rings is 2. The van der Waals surface area contributed by atoms with Crippen LogP contribution in [0.1, 0.15) is 64.5 Å². The Balaban J connectivity index is 1.46. The number of anilines is 2. The van der Waals surface area contributed by atoms with Gasteiger partial charge < -0.3 is 34.6 Å². The van der Waals surface area contributed by atoms with Crippen LogP contribution in [-0.4, -0.2) is 90.3 Å². The lowest BCUT2D eigenvalue weighted by Crippen LogP contribution is -2.56. The maximum absolute atomic E-state index is 14.8. The van der Waals surface area contributed by atoms with Gasteiger partial charge in [0.25, 0.3) is 5.91 Å². The molecule has 274 valence electrons. The summed E-state index contributed by atoms with van der Waals surface area (Å²) in [7, 11) is 0. The maximum atomic E-state index is 14.8. The molecule has 11 heteroatoms. The van der Waals surface area contributed by atoms with Gasteiger partial charge in [0.15, 0.2) is 0 Å². The summed E-state index contributed by atoms with van der Waals surface area (Å²) in [6.45, 7) is 15.4. The van der Waals surface area contributed by atoms with Crippen molar-refractivity contribution in [2.24, 2.45) is 11.8 Å². The summed E-state index contributed by atoms with van der Waals surface area (Å²) >= 11 is 0. The normalized spacial score (nSPS) is 24.4. The van der Waals surface area contributed by atoms with Crippen molar-refractivity contribution in [3.8, 4) is 0 Å². The van der Waals surface area contributed by atoms with Gasteiger partial charge in [0.1, 0.15) is 17.7 Å². The molecule has 51 heavy (non-hydrogen) atoms. The van der Waals surface area contributed by atoms with Gasteiger partial charge in [0.2, 0.25) is 11.8 Å². The highest BCUT2D eigenvalue weighted by molar-refractivity contribution is 6.04. The average molecular weight is 701 g/mol. The molecule has 3 aliphatic heterocycles. The van der Waals surface area contributed by atoms with Crippen LogP contribution in [0.5, 0.6) is 0 Å². The van der Waals surface area contributed by atoms with Crippen LogP contribution in [0, 0.1) is 11.8 Å². The molecule has 3 saturated heterocycles. The number of nitrogens with one attached hydrogen (secondary N) is 1. The van der Waals surface area contributed by atoms with E-state index in [4.69, 9.17) is 9.47 Å². The standard InChI is InChI=1S/C40H52N4O7/c1-6-10-17-32(46)41-27(5)35(28-15-12-11-13-16-28)50-39(49)33-31-22-23-40(51-31)34(33)37(47)44(25-14-26-45)36(40)38(48)43(24-7-2)30-20-18-29(19-21-30)42(8-3)9-4/h6-7,11-13,15-16,18-21,27,31,33-36,45H,1-2,8-10,14,17,22-26H2,3-5H3,(H,41,46)/t27-,31-,33+,34+,35-,36-,40+/m1/s1. The van der Waals surface area contributed by atoms with Gasteiger partial charge in [-0.25, -0.2) is 0 Å². The van der Waals surface area contributed by atoms with Crippen LogP contribution < -0.4 is 15.1 Å². The number of aliphatic hydroxyl groups is 1. The van der Waals surface area contributed by atoms with Gasteiger partial charge in [0, 0.05) is 50.6 Å². The Morgan fingerprint density at radius 1 is 1.08 bits per heavy atom. The molecule has 1 spiro atoms. The SMILES string of the molecule is C=CCCC(=O)N[C@H](C)[C@@H](OC(=O)[C@@H]1[C@H]2C(=O)N(CCCO)[C@H](C(=O)N(CC=C)c3ccc(N(CC)CC)cc3)[C@]23CC[C@H]1O3)c1ccccc1. The van der Waals surface area contributed by atoms with Gasteiger partial charge in [-0.3, -0.25) is 19.2 Å². The first-order valence-corrected chi connectivity index (χ1v) is 18.2. The van der Waals surface area contributed by atoms with E-state index in [1.807, 2.05) is 54.6 Å². The highest BCUT2D eigenvalue weighted by Gasteiger charge is 2.75. The minimum Gasteiger partial charge on any atom is -0.455 e. The molecule has 2 bridgehead atoms. The third kappa shape index (κ3) is 7.46. The Morgan fingerprint density at radius 3 is 2.39 bits per heavy atom. The lowest BCUT2D eigenvalue weighted by atomic mass is 9.70. The summed E-state index contributed by atoms with van der Waals surface area (Å²) in [5, 5.41) is 12.7. The van der Waals surface area contributed by atoms with Crippen molar-refractivity contribution in [3.05, 3.63) is 85.5 Å². The van der Waals surface area contributed by atoms with Crippen molar-refractivity contribution in [1.82, 2.24) is 10.2 Å². The molecule has 2 aromatic carbocycles. The number of nitrogens with zero attached hydrogens (tertiary/aromatic N) is 3. The third-order valence-electron chi connectivity index (χ3n) is 10.5. The first-order valence-electron chi connectivity index (χ1n) is 18.2. The molecule has 0 radical (unpaired) electrons. The predicted molar refractivity (Wildman–Crippen MR) is 196 cm³/mol. The van der Waals surface area contributed by atoms with Crippen LogP contribution in [0.4, 0.5) is 11.4 Å². The molecule has 3 fully saturated rings. The Labute approximate surface area is 301 Å². The highest BCUT2D eigenvalue weighted by atomic mass is 16.6. The summed E-state index contributed by atoms with van der Waals surface area (Å²) in [6, 6.07) is 15.3. The lowest BCUT2D eigenvalue weighted by Gasteiger charge is -2.37. The summed E-state index contributed by atoms with van der Waals surface area (Å²) < 4.78 is 12.9. The van der Waals surface area contributed by atoms with E-state index in [1.54, 1.807) is 24.0 Å². The van der Waals surface area contributed by atoms with Crippen LogP contribution in [0.25, 0.3) is 0 Å². The number of rotatable bonds is 18. The zero-order chi connectivity index (χ0) is 36.7. The summed E-state index contributed by atoms with van der Waals surface area (Å²) in [5.74, 6) is -3.38. The number of fused-ring (bicyclic) bond motifs is 1. The monoisotopic (exact) mass is 700 g/mol. The second-order valence-corrected chi connectivity index (χ2v) is 13.5. The Morgan fingerprint density at radius 2 is 1.76 bits per heavy atom. The number of aliphatic hydroxyl groups excluding tert-OH is 1. The van der Waals surface area contributed by atoms with Gasteiger partial charge in [0.05, 0.1) is 24.0 Å². The minimum atomic E-state index is -1.24. The first kappa shape index (κ1) is 37.8. The van der Waals surface area contributed by atoms with Crippen LogP contribution in [0.15, 0.2) is 79.9 Å². The van der Waals surface area contributed by atoms with E-state index in [0.29, 0.717) is 30.5 Å². The second kappa shape index (κ2) is 16.7. The molecule has 0 aromatic heterocycles. The van der Waals surface area contributed by atoms with Crippen LogP contribution in [0.2, 0.25) is 0 Å². The number of carbonyl (C=O) groups is 4. The van der Waals surface area contributed by atoms with Crippen LogP contribution in [0.3, 0.4) is 0 Å². The fourth-order valence-corrected chi connectivity index (χ4v) is 8.15. The number of esters is 1. The largest absolute Gasteiger partial charge is 0.455 e. The molecule has 3 heterocycles. The lowest BCUT2D eigenvalue weighted by molar-refractivity contribution is -0.162. The van der Waals surface area contributed by atoms with Crippen molar-refractivity contribution < 1.29 is 33.8 Å². The van der Waals surface area contributed by atoms with E-state index in [2.05, 4.69) is 37.2 Å². The summed E-state index contributed by atoms with van der Waals surface area (Å²) in [5.41, 5.74) is 1.14. The predicted octanol–water partition coefficient (Wildman–Crippen LogP) is 4.56. The van der Waals surface area contributed by atoms with Crippen LogP contribution >= 0.6 is 0 Å². The zero-order valence-electron chi connectivity index (χ0n) is 30.0. The van der Waals surface area contributed by atoms with Crippen molar-refractivity contribution in [2.75, 3.05) is 42.6 Å². The molecular formula is C40H52N4O7. The van der Waals surface area contributed by atoms with Crippen molar-refractivity contribution in [2.45, 2.75) is 82.8 Å². The van der Waals surface area contributed by atoms with E-state index < -0.39 is 47.7 Å². The van der Waals surface area contributed by atoms with Crippen LogP contribution in [-0.2, 0) is 28.7 Å². The van der Waals surface area contributed by atoms with Gasteiger partial charge in [-0.05, 0) is 76.3 Å². The fourth-order valence-electron chi connectivity index (χ4n) is 8.15. The van der Waals surface area contributed by atoms with Crippen molar-refractivity contribution >= 4 is 35.1 Å². The third-order valence-corrected chi connectivity index (χ3v) is 10.5. The summed E-state index contributed by atoms with van der Waals surface area (Å²) in [4.78, 5) is 61.5. The maximum Gasteiger partial charge on any atom is 0.313 e. The quantitative estimate of drug-likeness (QED) is 0.171. The number of ether oxygens (including phenoxy) is 2. The Bertz CT molecular complexity index is 1560. The molecule has 3 aliphatic rings. The molecule has 5 rings (SSSR count). The molecule has 0 aliphatic carbocycles.